The molecule has 3 nitrogen and oxygen atoms in total. The number of carbonyl (C=O) groups is 1. The molecule has 0 atom stereocenters. The summed E-state index contributed by atoms with van der Waals surface area (Å²) in [5, 5.41) is 0. The van der Waals surface area contributed by atoms with E-state index in [9.17, 15) is 4.79 Å². The Kier molecular flexibility index (Phi) is 5.15. The summed E-state index contributed by atoms with van der Waals surface area (Å²) in [4.78, 5) is 13.4. The van der Waals surface area contributed by atoms with Gasteiger partial charge in [0.2, 0.25) is 5.91 Å². The van der Waals surface area contributed by atoms with Crippen molar-refractivity contribution in [1.29, 1.82) is 0 Å². The van der Waals surface area contributed by atoms with Gasteiger partial charge < -0.3 is 10.6 Å². The molecule has 5 heteroatoms. The van der Waals surface area contributed by atoms with Crippen molar-refractivity contribution in [2.75, 3.05) is 29.7 Å². The Morgan fingerprint density at radius 2 is 2.25 bits per heavy atom. The number of hydrogen-bond donors (Lipinski definition) is 1. The number of anilines is 2. The number of rotatable bonds is 4. The van der Waals surface area contributed by atoms with Gasteiger partial charge in [-0.15, -0.1) is 0 Å². The fraction of sp³-hybridized carbons (Fsp3) is 0.364. The molecule has 1 aromatic carbocycles. The molecule has 2 N–H and O–H groups in total. The van der Waals surface area contributed by atoms with Crippen LogP contribution in [0.4, 0.5) is 11.4 Å². The Morgan fingerprint density at radius 3 is 2.81 bits per heavy atom. The third-order valence-corrected chi connectivity index (χ3v) is 3.35. The fourth-order valence-corrected chi connectivity index (χ4v) is 2.08. The first kappa shape index (κ1) is 13.4. The largest absolute Gasteiger partial charge is 0.397 e. The van der Waals surface area contributed by atoms with Crippen molar-refractivity contribution in [1.82, 2.24) is 0 Å². The van der Waals surface area contributed by atoms with Crippen molar-refractivity contribution in [3.05, 3.63) is 22.7 Å². The lowest BCUT2D eigenvalue weighted by Crippen LogP contribution is -2.27. The molecule has 0 bridgehead atoms. The van der Waals surface area contributed by atoms with Gasteiger partial charge in [0.1, 0.15) is 0 Å². The van der Waals surface area contributed by atoms with Crippen LogP contribution in [0.1, 0.15) is 6.42 Å². The maximum atomic E-state index is 11.8. The Balaban J connectivity index is 2.79. The first-order chi connectivity index (χ1) is 7.56. The molecule has 0 aliphatic rings. The topological polar surface area (TPSA) is 46.3 Å². The molecule has 0 radical (unpaired) electrons. The minimum atomic E-state index is 0.0865. The second kappa shape index (κ2) is 6.15. The number of nitrogens with two attached hydrogens (primary N) is 1. The zero-order valence-corrected chi connectivity index (χ0v) is 11.8. The SMILES string of the molecule is CSCCC(=O)N(C)c1ccc(Br)cc1N. The van der Waals surface area contributed by atoms with E-state index in [1.54, 1.807) is 29.8 Å². The van der Waals surface area contributed by atoms with Crippen molar-refractivity contribution >= 4 is 45.0 Å². The molecule has 0 spiro atoms. The van der Waals surface area contributed by atoms with E-state index in [4.69, 9.17) is 5.73 Å². The Labute approximate surface area is 109 Å². The average molecular weight is 303 g/mol. The lowest BCUT2D eigenvalue weighted by Gasteiger charge is -2.19. The lowest BCUT2D eigenvalue weighted by molar-refractivity contribution is -0.117. The van der Waals surface area contributed by atoms with E-state index in [1.807, 2.05) is 18.4 Å². The van der Waals surface area contributed by atoms with Crippen LogP contribution in [0.15, 0.2) is 22.7 Å². The van der Waals surface area contributed by atoms with Crippen molar-refractivity contribution in [2.45, 2.75) is 6.42 Å². The van der Waals surface area contributed by atoms with Crippen molar-refractivity contribution in [3.8, 4) is 0 Å². The molecule has 1 amide bonds. The third kappa shape index (κ3) is 3.42. The number of nitrogen functional groups attached to an aromatic ring is 1. The number of benzene rings is 1. The van der Waals surface area contributed by atoms with Gasteiger partial charge in [0, 0.05) is 23.7 Å². The highest BCUT2D eigenvalue weighted by molar-refractivity contribution is 9.10. The normalized spacial score (nSPS) is 10.2. The number of nitrogens with zero attached hydrogens (tertiary/aromatic N) is 1. The number of carbonyl (C=O) groups excluding carboxylic acids is 1. The quantitative estimate of drug-likeness (QED) is 0.870. The van der Waals surface area contributed by atoms with Crippen LogP contribution in [0.5, 0.6) is 0 Å². The number of amides is 1. The van der Waals surface area contributed by atoms with Gasteiger partial charge in [-0.3, -0.25) is 4.79 Å². The van der Waals surface area contributed by atoms with E-state index in [-0.39, 0.29) is 5.91 Å². The Hall–Kier alpha value is -0.680. The van der Waals surface area contributed by atoms with Gasteiger partial charge in [-0.05, 0) is 24.5 Å². The zero-order valence-electron chi connectivity index (χ0n) is 9.37. The molecule has 16 heavy (non-hydrogen) atoms. The molecule has 0 saturated heterocycles. The summed E-state index contributed by atoms with van der Waals surface area (Å²) in [5.74, 6) is 0.919. The van der Waals surface area contributed by atoms with Crippen LogP contribution >= 0.6 is 27.7 Å². The number of halogens is 1. The average Bonchev–Trinajstić information content (AvgIpc) is 2.25. The molecular weight excluding hydrogens is 288 g/mol. The fourth-order valence-electron chi connectivity index (χ4n) is 1.32. The van der Waals surface area contributed by atoms with Crippen LogP contribution in [0, 0.1) is 0 Å². The summed E-state index contributed by atoms with van der Waals surface area (Å²) >= 11 is 5.00. The van der Waals surface area contributed by atoms with Crippen LogP contribution in [-0.2, 0) is 4.79 Å². The molecule has 1 aromatic rings. The molecule has 1 rings (SSSR count). The molecule has 88 valence electrons. The van der Waals surface area contributed by atoms with E-state index >= 15 is 0 Å². The molecule has 0 heterocycles. The maximum Gasteiger partial charge on any atom is 0.227 e. The van der Waals surface area contributed by atoms with Crippen molar-refractivity contribution in [2.24, 2.45) is 0 Å². The van der Waals surface area contributed by atoms with E-state index in [2.05, 4.69) is 15.9 Å². The van der Waals surface area contributed by atoms with E-state index in [0.717, 1.165) is 15.9 Å². The highest BCUT2D eigenvalue weighted by Crippen LogP contribution is 2.26. The maximum absolute atomic E-state index is 11.8. The minimum absolute atomic E-state index is 0.0865. The smallest absolute Gasteiger partial charge is 0.227 e. The van der Waals surface area contributed by atoms with Crippen molar-refractivity contribution in [3.63, 3.8) is 0 Å². The van der Waals surface area contributed by atoms with Gasteiger partial charge in [0.05, 0.1) is 11.4 Å². The minimum Gasteiger partial charge on any atom is -0.397 e. The van der Waals surface area contributed by atoms with Gasteiger partial charge >= 0.3 is 0 Å². The summed E-state index contributed by atoms with van der Waals surface area (Å²) in [6.45, 7) is 0. The summed E-state index contributed by atoms with van der Waals surface area (Å²) < 4.78 is 0.915. The predicted octanol–water partition coefficient (Wildman–Crippen LogP) is 2.75. The van der Waals surface area contributed by atoms with Gasteiger partial charge in [-0.1, -0.05) is 15.9 Å². The molecule has 0 unspecified atom stereocenters. The first-order valence-corrected chi connectivity index (χ1v) is 7.05. The van der Waals surface area contributed by atoms with Gasteiger partial charge in [-0.25, -0.2) is 0 Å². The number of hydrogen-bond acceptors (Lipinski definition) is 3. The highest BCUT2D eigenvalue weighted by atomic mass is 79.9. The second-order valence-corrected chi connectivity index (χ2v) is 5.30. The molecule has 0 saturated carbocycles. The predicted molar refractivity (Wildman–Crippen MR) is 75.0 cm³/mol. The molecule has 0 aliphatic heterocycles. The van der Waals surface area contributed by atoms with Crippen LogP contribution in [-0.4, -0.2) is 25.0 Å². The van der Waals surface area contributed by atoms with Crippen LogP contribution < -0.4 is 10.6 Å². The van der Waals surface area contributed by atoms with E-state index in [0.29, 0.717) is 12.1 Å². The molecular formula is C11H15BrN2OS. The lowest BCUT2D eigenvalue weighted by atomic mass is 10.2. The monoisotopic (exact) mass is 302 g/mol. The van der Waals surface area contributed by atoms with Crippen molar-refractivity contribution < 1.29 is 4.79 Å². The third-order valence-electron chi connectivity index (χ3n) is 2.25. The van der Waals surface area contributed by atoms with Crippen LogP contribution in [0.2, 0.25) is 0 Å². The van der Waals surface area contributed by atoms with Gasteiger partial charge in [0.25, 0.3) is 0 Å². The molecule has 0 aliphatic carbocycles. The van der Waals surface area contributed by atoms with E-state index < -0.39 is 0 Å². The second-order valence-electron chi connectivity index (χ2n) is 3.40. The standard InChI is InChI=1S/C11H15BrN2OS/c1-14(11(15)5-6-16-2)10-4-3-8(12)7-9(10)13/h3-4,7H,5-6,13H2,1-2H3. The van der Waals surface area contributed by atoms with Crippen LogP contribution in [0.3, 0.4) is 0 Å². The zero-order chi connectivity index (χ0) is 12.1. The summed E-state index contributed by atoms with van der Waals surface area (Å²) in [6, 6.07) is 5.52. The summed E-state index contributed by atoms with van der Waals surface area (Å²) in [6.07, 6.45) is 2.52. The summed E-state index contributed by atoms with van der Waals surface area (Å²) in [5.41, 5.74) is 7.22. The number of thioether (sulfide) groups is 1. The molecule has 0 aromatic heterocycles. The van der Waals surface area contributed by atoms with E-state index in [1.165, 1.54) is 0 Å². The van der Waals surface area contributed by atoms with Crippen LogP contribution in [0.25, 0.3) is 0 Å². The Bertz CT molecular complexity index is 384. The first-order valence-electron chi connectivity index (χ1n) is 4.86. The van der Waals surface area contributed by atoms with Gasteiger partial charge in [0.15, 0.2) is 0 Å². The highest BCUT2D eigenvalue weighted by Gasteiger charge is 2.12. The summed E-state index contributed by atoms with van der Waals surface area (Å²) in [7, 11) is 1.75. The Morgan fingerprint density at radius 1 is 1.56 bits per heavy atom. The van der Waals surface area contributed by atoms with Gasteiger partial charge in [-0.2, -0.15) is 11.8 Å². The molecule has 0 fully saturated rings.